The number of nitrogens with one attached hydrogen (secondary N) is 1. The van der Waals surface area contributed by atoms with Crippen molar-refractivity contribution < 1.29 is 24.0 Å². The number of imide groups is 1. The van der Waals surface area contributed by atoms with Crippen molar-refractivity contribution in [1.29, 1.82) is 0 Å². The Morgan fingerprint density at radius 3 is 2.32 bits per heavy atom. The van der Waals surface area contributed by atoms with E-state index in [0.717, 1.165) is 0 Å². The van der Waals surface area contributed by atoms with Crippen LogP contribution in [0.25, 0.3) is 0 Å². The van der Waals surface area contributed by atoms with Gasteiger partial charge in [-0.3, -0.25) is 14.4 Å². The normalized spacial score (nSPS) is 28.6. The van der Waals surface area contributed by atoms with Crippen LogP contribution in [0.2, 0.25) is 0 Å². The Morgan fingerprint density at radius 2 is 1.82 bits per heavy atom. The highest BCUT2D eigenvalue weighted by molar-refractivity contribution is 14.1. The van der Waals surface area contributed by atoms with Crippen molar-refractivity contribution in [2.45, 2.75) is 51.5 Å². The number of rotatable bonds is 4. The number of hydrogen-bond donors (Lipinski definition) is 1. The quantitative estimate of drug-likeness (QED) is 0.416. The molecule has 0 aromatic heterocycles. The van der Waals surface area contributed by atoms with Crippen molar-refractivity contribution in [2.75, 3.05) is 4.43 Å². The first kappa shape index (κ1) is 17.2. The second-order valence-corrected chi connectivity index (χ2v) is 6.76. The molecule has 1 heterocycles. The molecular weight excluding hydrogens is 403 g/mol. The molecule has 0 radical (unpaired) electrons. The molecule has 0 bridgehead atoms. The summed E-state index contributed by atoms with van der Waals surface area (Å²) >= 11 is 2.00. The van der Waals surface area contributed by atoms with Crippen LogP contribution < -0.4 is 5.32 Å². The average Bonchev–Trinajstić information content (AvgIpc) is 2.81. The molecule has 1 saturated carbocycles. The topological polar surface area (TPSA) is 92.8 Å². The van der Waals surface area contributed by atoms with E-state index in [2.05, 4.69) is 5.32 Å². The van der Waals surface area contributed by atoms with Gasteiger partial charge in [-0.25, -0.2) is 4.79 Å². The monoisotopic (exact) mass is 422 g/mol. The Balaban J connectivity index is 1.89. The standard InChI is InChI=1S/C14H19IN2O5/c1-14(6-4-9(5-7-14)16-10(18)8-15)13(21)22-17-11(19)2-3-12(17)20/h9H,2-8H2,1H3,(H,16,18). The number of hydrogen-bond acceptors (Lipinski definition) is 5. The summed E-state index contributed by atoms with van der Waals surface area (Å²) in [4.78, 5) is 51.7. The summed E-state index contributed by atoms with van der Waals surface area (Å²) in [6.07, 6.45) is 2.63. The number of carbonyl (C=O) groups is 4. The van der Waals surface area contributed by atoms with Crippen molar-refractivity contribution in [3.63, 3.8) is 0 Å². The first-order chi connectivity index (χ1) is 10.4. The maximum Gasteiger partial charge on any atom is 0.338 e. The van der Waals surface area contributed by atoms with E-state index in [4.69, 9.17) is 4.84 Å². The van der Waals surface area contributed by atoms with E-state index in [9.17, 15) is 19.2 Å². The van der Waals surface area contributed by atoms with Gasteiger partial charge in [-0.15, -0.1) is 5.06 Å². The summed E-state index contributed by atoms with van der Waals surface area (Å²) in [5.41, 5.74) is -0.727. The number of hydroxylamine groups is 2. The summed E-state index contributed by atoms with van der Waals surface area (Å²) in [6.45, 7) is 1.77. The smallest absolute Gasteiger partial charge is 0.338 e. The molecule has 0 spiro atoms. The Hall–Kier alpha value is -1.19. The molecule has 2 fully saturated rings. The van der Waals surface area contributed by atoms with E-state index >= 15 is 0 Å². The lowest BCUT2D eigenvalue weighted by Gasteiger charge is -2.35. The minimum atomic E-state index is -0.727. The van der Waals surface area contributed by atoms with Crippen molar-refractivity contribution in [1.82, 2.24) is 10.4 Å². The van der Waals surface area contributed by atoms with Gasteiger partial charge in [0.1, 0.15) is 0 Å². The fourth-order valence-electron chi connectivity index (χ4n) is 2.72. The molecule has 2 rings (SSSR count). The molecule has 1 saturated heterocycles. The first-order valence-corrected chi connectivity index (χ1v) is 8.82. The third-order valence-electron chi connectivity index (χ3n) is 4.25. The van der Waals surface area contributed by atoms with E-state index in [1.807, 2.05) is 22.6 Å². The van der Waals surface area contributed by atoms with Crippen molar-refractivity contribution in [2.24, 2.45) is 5.41 Å². The van der Waals surface area contributed by atoms with Crippen molar-refractivity contribution in [3.8, 4) is 0 Å². The summed E-state index contributed by atoms with van der Waals surface area (Å²) in [5.74, 6) is -1.49. The van der Waals surface area contributed by atoms with Crippen LogP contribution in [0.4, 0.5) is 0 Å². The fourth-order valence-corrected chi connectivity index (χ4v) is 2.94. The SMILES string of the molecule is CC1(C(=O)ON2C(=O)CCC2=O)CCC(NC(=O)CI)CC1. The van der Waals surface area contributed by atoms with Crippen LogP contribution >= 0.6 is 22.6 Å². The van der Waals surface area contributed by atoms with Gasteiger partial charge in [0.05, 0.1) is 9.84 Å². The molecule has 1 aliphatic carbocycles. The Bertz CT molecular complexity index is 483. The second-order valence-electron chi connectivity index (χ2n) is 6.00. The predicted molar refractivity (Wildman–Crippen MR) is 84.6 cm³/mol. The van der Waals surface area contributed by atoms with Crippen LogP contribution in [-0.2, 0) is 24.0 Å². The van der Waals surface area contributed by atoms with Gasteiger partial charge in [0, 0.05) is 18.9 Å². The van der Waals surface area contributed by atoms with E-state index in [1.165, 1.54) is 0 Å². The number of nitrogens with zero attached hydrogens (tertiary/aromatic N) is 1. The molecule has 3 amide bonds. The van der Waals surface area contributed by atoms with Crippen molar-refractivity contribution >= 4 is 46.3 Å². The molecule has 0 aromatic carbocycles. The summed E-state index contributed by atoms with van der Waals surface area (Å²) in [7, 11) is 0. The Morgan fingerprint density at radius 1 is 1.27 bits per heavy atom. The highest BCUT2D eigenvalue weighted by Gasteiger charge is 2.43. The van der Waals surface area contributed by atoms with Gasteiger partial charge < -0.3 is 10.2 Å². The maximum absolute atomic E-state index is 12.3. The molecule has 0 atom stereocenters. The van der Waals surface area contributed by atoms with Gasteiger partial charge in [-0.2, -0.15) is 0 Å². The molecule has 0 aromatic rings. The molecular formula is C14H19IN2O5. The zero-order valence-electron chi connectivity index (χ0n) is 12.4. The van der Waals surface area contributed by atoms with E-state index in [1.54, 1.807) is 6.92 Å². The largest absolute Gasteiger partial charge is 0.353 e. The lowest BCUT2D eigenvalue weighted by Crippen LogP contribution is -2.45. The second kappa shape index (κ2) is 6.93. The van der Waals surface area contributed by atoms with Crippen LogP contribution in [0.15, 0.2) is 0 Å². The number of halogens is 1. The molecule has 8 heteroatoms. The van der Waals surface area contributed by atoms with Crippen LogP contribution in [0.3, 0.4) is 0 Å². The van der Waals surface area contributed by atoms with Gasteiger partial charge in [-0.1, -0.05) is 22.6 Å². The highest BCUT2D eigenvalue weighted by atomic mass is 127. The van der Waals surface area contributed by atoms with E-state index < -0.39 is 23.2 Å². The third kappa shape index (κ3) is 3.76. The summed E-state index contributed by atoms with van der Waals surface area (Å²) in [6, 6.07) is 0.0678. The molecule has 1 aliphatic heterocycles. The molecule has 0 unspecified atom stereocenters. The van der Waals surface area contributed by atoms with Gasteiger partial charge in [0.2, 0.25) is 5.91 Å². The van der Waals surface area contributed by atoms with Crippen LogP contribution in [-0.4, -0.2) is 39.2 Å². The number of alkyl halides is 1. The minimum absolute atomic E-state index is 0.00922. The molecule has 122 valence electrons. The van der Waals surface area contributed by atoms with Crippen molar-refractivity contribution in [3.05, 3.63) is 0 Å². The van der Waals surface area contributed by atoms with Crippen LogP contribution in [0.1, 0.15) is 45.4 Å². The predicted octanol–water partition coefficient (Wildman–Crippen LogP) is 1.09. The van der Waals surface area contributed by atoms with E-state index in [0.29, 0.717) is 35.2 Å². The zero-order valence-corrected chi connectivity index (χ0v) is 14.6. The zero-order chi connectivity index (χ0) is 16.3. The van der Waals surface area contributed by atoms with Gasteiger partial charge >= 0.3 is 5.97 Å². The van der Waals surface area contributed by atoms with Crippen LogP contribution in [0.5, 0.6) is 0 Å². The van der Waals surface area contributed by atoms with Gasteiger partial charge in [0.15, 0.2) is 0 Å². The molecule has 2 aliphatic rings. The molecule has 7 nitrogen and oxygen atoms in total. The minimum Gasteiger partial charge on any atom is -0.353 e. The van der Waals surface area contributed by atoms with Gasteiger partial charge in [0.25, 0.3) is 11.8 Å². The Kier molecular flexibility index (Phi) is 5.41. The fraction of sp³-hybridized carbons (Fsp3) is 0.714. The lowest BCUT2D eigenvalue weighted by molar-refractivity contribution is -0.206. The molecule has 22 heavy (non-hydrogen) atoms. The van der Waals surface area contributed by atoms with Crippen LogP contribution in [0, 0.1) is 5.41 Å². The molecule has 1 N–H and O–H groups in total. The van der Waals surface area contributed by atoms with E-state index in [-0.39, 0.29) is 24.8 Å². The summed E-state index contributed by atoms with van der Waals surface area (Å²) in [5, 5.41) is 3.51. The first-order valence-electron chi connectivity index (χ1n) is 7.29. The highest BCUT2D eigenvalue weighted by Crippen LogP contribution is 2.37. The Labute approximate surface area is 142 Å². The average molecular weight is 422 g/mol. The summed E-state index contributed by atoms with van der Waals surface area (Å²) < 4.78 is 0.409. The number of carbonyl (C=O) groups excluding carboxylic acids is 4. The number of amides is 3. The lowest BCUT2D eigenvalue weighted by atomic mass is 9.74. The third-order valence-corrected chi connectivity index (χ3v) is 4.94. The van der Waals surface area contributed by atoms with Gasteiger partial charge in [-0.05, 0) is 32.6 Å². The maximum atomic E-state index is 12.3.